The zero-order valence-corrected chi connectivity index (χ0v) is 9.97. The molecule has 1 aromatic heterocycles. The quantitative estimate of drug-likeness (QED) is 0.737. The van der Waals surface area contributed by atoms with Gasteiger partial charge in [-0.15, -0.1) is 0 Å². The van der Waals surface area contributed by atoms with Gasteiger partial charge in [0.15, 0.2) is 11.6 Å². The summed E-state index contributed by atoms with van der Waals surface area (Å²) >= 11 is 0. The molecule has 2 aromatic carbocycles. The Hall–Kier alpha value is -2.69. The highest BCUT2D eigenvalue weighted by atomic mass is 19.1. The number of hydrogen-bond donors (Lipinski definition) is 2. The van der Waals surface area contributed by atoms with Crippen LogP contribution in [-0.2, 0) is 0 Å². The van der Waals surface area contributed by atoms with E-state index >= 15 is 0 Å². The standard InChI is InChI=1S/C14H11FN4/c15-12-8-17-14(16)19-13(12)18-11-6-5-9-3-1-2-4-10(9)7-11/h1-8H,(H3,16,17,18,19). The van der Waals surface area contributed by atoms with Crippen molar-refractivity contribution in [2.75, 3.05) is 11.1 Å². The predicted molar refractivity (Wildman–Crippen MR) is 73.6 cm³/mol. The van der Waals surface area contributed by atoms with Gasteiger partial charge in [-0.3, -0.25) is 0 Å². The van der Waals surface area contributed by atoms with Crippen LogP contribution in [0.25, 0.3) is 10.8 Å². The number of halogens is 1. The number of nitrogen functional groups attached to an aromatic ring is 1. The minimum atomic E-state index is -0.539. The number of nitrogens with zero attached hydrogens (tertiary/aromatic N) is 2. The van der Waals surface area contributed by atoms with E-state index in [9.17, 15) is 4.39 Å². The van der Waals surface area contributed by atoms with E-state index in [-0.39, 0.29) is 11.8 Å². The Morgan fingerprint density at radius 1 is 1.05 bits per heavy atom. The van der Waals surface area contributed by atoms with Crippen molar-refractivity contribution < 1.29 is 4.39 Å². The van der Waals surface area contributed by atoms with Crippen LogP contribution in [0.5, 0.6) is 0 Å². The van der Waals surface area contributed by atoms with E-state index in [1.807, 2.05) is 42.5 Å². The molecule has 3 N–H and O–H groups in total. The Kier molecular flexibility index (Phi) is 2.72. The van der Waals surface area contributed by atoms with E-state index < -0.39 is 5.82 Å². The summed E-state index contributed by atoms with van der Waals surface area (Å²) in [6.07, 6.45) is 1.05. The lowest BCUT2D eigenvalue weighted by molar-refractivity contribution is 0.620. The second-order valence-electron chi connectivity index (χ2n) is 4.11. The Balaban J connectivity index is 1.98. The number of anilines is 3. The van der Waals surface area contributed by atoms with Crippen LogP contribution in [0.15, 0.2) is 48.7 Å². The molecule has 3 rings (SSSR count). The summed E-state index contributed by atoms with van der Waals surface area (Å²) in [5, 5.41) is 5.08. The first-order valence-corrected chi connectivity index (χ1v) is 5.76. The third-order valence-electron chi connectivity index (χ3n) is 2.77. The molecule has 19 heavy (non-hydrogen) atoms. The molecule has 0 saturated heterocycles. The van der Waals surface area contributed by atoms with Crippen molar-refractivity contribution in [1.29, 1.82) is 0 Å². The molecule has 0 spiro atoms. The first kappa shape index (κ1) is 11.4. The SMILES string of the molecule is Nc1ncc(F)c(Nc2ccc3ccccc3c2)n1. The van der Waals surface area contributed by atoms with Crippen molar-refractivity contribution in [2.45, 2.75) is 0 Å². The van der Waals surface area contributed by atoms with Crippen LogP contribution >= 0.6 is 0 Å². The third kappa shape index (κ3) is 2.30. The van der Waals surface area contributed by atoms with Crippen LogP contribution in [0.4, 0.5) is 21.8 Å². The van der Waals surface area contributed by atoms with Crippen molar-refractivity contribution >= 4 is 28.2 Å². The molecule has 1 heterocycles. The number of nitrogens with one attached hydrogen (secondary N) is 1. The van der Waals surface area contributed by atoms with E-state index in [0.29, 0.717) is 0 Å². The molecule has 3 aromatic rings. The average Bonchev–Trinajstić information content (AvgIpc) is 2.43. The molecule has 0 atom stereocenters. The van der Waals surface area contributed by atoms with E-state index in [4.69, 9.17) is 5.73 Å². The van der Waals surface area contributed by atoms with Gasteiger partial charge in [0.2, 0.25) is 5.95 Å². The summed E-state index contributed by atoms with van der Waals surface area (Å²) in [5.74, 6) is -0.435. The normalized spacial score (nSPS) is 10.6. The van der Waals surface area contributed by atoms with Crippen LogP contribution in [0.1, 0.15) is 0 Å². The zero-order valence-electron chi connectivity index (χ0n) is 9.97. The Labute approximate surface area is 109 Å². The van der Waals surface area contributed by atoms with Gasteiger partial charge in [0, 0.05) is 5.69 Å². The maximum absolute atomic E-state index is 13.5. The molecular formula is C14H11FN4. The van der Waals surface area contributed by atoms with Gasteiger partial charge in [-0.1, -0.05) is 30.3 Å². The smallest absolute Gasteiger partial charge is 0.222 e. The molecule has 0 amide bonds. The van der Waals surface area contributed by atoms with Gasteiger partial charge in [0.25, 0.3) is 0 Å². The zero-order chi connectivity index (χ0) is 13.2. The molecule has 0 radical (unpaired) electrons. The lowest BCUT2D eigenvalue weighted by Crippen LogP contribution is -2.02. The molecule has 0 aliphatic heterocycles. The second kappa shape index (κ2) is 4.53. The topological polar surface area (TPSA) is 63.8 Å². The van der Waals surface area contributed by atoms with Crippen molar-refractivity contribution in [3.05, 3.63) is 54.5 Å². The monoisotopic (exact) mass is 254 g/mol. The number of aromatic nitrogens is 2. The molecule has 0 aliphatic rings. The third-order valence-corrected chi connectivity index (χ3v) is 2.77. The molecule has 0 fully saturated rings. The van der Waals surface area contributed by atoms with Gasteiger partial charge < -0.3 is 11.1 Å². The second-order valence-corrected chi connectivity index (χ2v) is 4.11. The first-order chi connectivity index (χ1) is 9.22. The minimum Gasteiger partial charge on any atom is -0.368 e. The van der Waals surface area contributed by atoms with Crippen molar-refractivity contribution in [3.8, 4) is 0 Å². The summed E-state index contributed by atoms with van der Waals surface area (Å²) in [7, 11) is 0. The van der Waals surface area contributed by atoms with Crippen LogP contribution < -0.4 is 11.1 Å². The van der Waals surface area contributed by atoms with E-state index in [0.717, 1.165) is 22.7 Å². The summed E-state index contributed by atoms with van der Waals surface area (Å²) in [5.41, 5.74) is 6.19. The predicted octanol–water partition coefficient (Wildman–Crippen LogP) is 3.09. The largest absolute Gasteiger partial charge is 0.368 e. The van der Waals surface area contributed by atoms with E-state index in [2.05, 4.69) is 15.3 Å². The Morgan fingerprint density at radius 3 is 2.68 bits per heavy atom. The highest BCUT2D eigenvalue weighted by molar-refractivity contribution is 5.86. The summed E-state index contributed by atoms with van der Waals surface area (Å²) in [6.45, 7) is 0. The molecule has 0 unspecified atom stereocenters. The number of rotatable bonds is 2. The molecular weight excluding hydrogens is 243 g/mol. The Bertz CT molecular complexity index is 742. The van der Waals surface area contributed by atoms with Gasteiger partial charge in [0.1, 0.15) is 0 Å². The summed E-state index contributed by atoms with van der Waals surface area (Å²) in [4.78, 5) is 7.41. The number of nitrogens with two attached hydrogens (primary N) is 1. The average molecular weight is 254 g/mol. The van der Waals surface area contributed by atoms with Crippen molar-refractivity contribution in [2.24, 2.45) is 0 Å². The fourth-order valence-electron chi connectivity index (χ4n) is 1.87. The number of hydrogen-bond acceptors (Lipinski definition) is 4. The lowest BCUT2D eigenvalue weighted by atomic mass is 10.1. The van der Waals surface area contributed by atoms with Crippen molar-refractivity contribution in [3.63, 3.8) is 0 Å². The lowest BCUT2D eigenvalue weighted by Gasteiger charge is -2.08. The Morgan fingerprint density at radius 2 is 1.84 bits per heavy atom. The van der Waals surface area contributed by atoms with E-state index in [1.165, 1.54) is 0 Å². The van der Waals surface area contributed by atoms with Gasteiger partial charge in [-0.25, -0.2) is 9.37 Å². The van der Waals surface area contributed by atoms with Crippen LogP contribution in [0.2, 0.25) is 0 Å². The highest BCUT2D eigenvalue weighted by Crippen LogP contribution is 2.22. The summed E-state index contributed by atoms with van der Waals surface area (Å²) < 4.78 is 13.5. The number of fused-ring (bicyclic) bond motifs is 1. The molecule has 0 bridgehead atoms. The van der Waals surface area contributed by atoms with Crippen LogP contribution in [0.3, 0.4) is 0 Å². The highest BCUT2D eigenvalue weighted by Gasteiger charge is 2.06. The van der Waals surface area contributed by atoms with Gasteiger partial charge in [-0.05, 0) is 22.9 Å². The van der Waals surface area contributed by atoms with Crippen LogP contribution in [0, 0.1) is 5.82 Å². The molecule has 0 aliphatic carbocycles. The van der Waals surface area contributed by atoms with Crippen LogP contribution in [-0.4, -0.2) is 9.97 Å². The molecule has 5 heteroatoms. The maximum Gasteiger partial charge on any atom is 0.222 e. The van der Waals surface area contributed by atoms with E-state index in [1.54, 1.807) is 0 Å². The molecule has 4 nitrogen and oxygen atoms in total. The fraction of sp³-hybridized carbons (Fsp3) is 0. The fourth-order valence-corrected chi connectivity index (χ4v) is 1.87. The maximum atomic E-state index is 13.5. The van der Waals surface area contributed by atoms with Gasteiger partial charge in [0.05, 0.1) is 6.20 Å². The summed E-state index contributed by atoms with van der Waals surface area (Å²) in [6, 6.07) is 13.7. The van der Waals surface area contributed by atoms with Gasteiger partial charge >= 0.3 is 0 Å². The number of benzene rings is 2. The molecule has 94 valence electrons. The first-order valence-electron chi connectivity index (χ1n) is 5.76. The van der Waals surface area contributed by atoms with Gasteiger partial charge in [-0.2, -0.15) is 4.98 Å². The minimum absolute atomic E-state index is 0.0321. The van der Waals surface area contributed by atoms with Crippen molar-refractivity contribution in [1.82, 2.24) is 9.97 Å². The molecule has 0 saturated carbocycles.